The van der Waals surface area contributed by atoms with Crippen molar-refractivity contribution in [3.05, 3.63) is 83.9 Å². The van der Waals surface area contributed by atoms with E-state index in [9.17, 15) is 4.79 Å². The maximum absolute atomic E-state index is 12.5. The zero-order valence-corrected chi connectivity index (χ0v) is 12.9. The van der Waals surface area contributed by atoms with E-state index in [1.807, 2.05) is 43.4 Å². The summed E-state index contributed by atoms with van der Waals surface area (Å²) >= 11 is 0. The van der Waals surface area contributed by atoms with Gasteiger partial charge in [0.15, 0.2) is 5.78 Å². The predicted octanol–water partition coefficient (Wildman–Crippen LogP) is 3.94. The monoisotopic (exact) mass is 296 g/mol. The molecule has 2 rings (SSSR count). The topological polar surface area (TPSA) is 35.5 Å². The second-order valence-corrected chi connectivity index (χ2v) is 5.01. The van der Waals surface area contributed by atoms with Gasteiger partial charge in [0.25, 0.3) is 0 Å². The van der Waals surface area contributed by atoms with Gasteiger partial charge in [-0.2, -0.15) is 0 Å². The van der Waals surface area contributed by atoms with E-state index in [4.69, 9.17) is 9.47 Å². The maximum Gasteiger partial charge on any atom is 0.171 e. The average molecular weight is 296 g/mol. The normalized spacial score (nSPS) is 21.9. The quantitative estimate of drug-likeness (QED) is 0.569. The van der Waals surface area contributed by atoms with Crippen molar-refractivity contribution in [3.63, 3.8) is 0 Å². The molecule has 0 fully saturated rings. The number of rotatable bonds is 5. The fraction of sp³-hybridized carbons (Fsp3) is 0.211. The van der Waals surface area contributed by atoms with Crippen LogP contribution in [0.2, 0.25) is 0 Å². The lowest BCUT2D eigenvalue weighted by atomic mass is 9.96. The first-order valence-corrected chi connectivity index (χ1v) is 7.14. The third kappa shape index (κ3) is 3.55. The van der Waals surface area contributed by atoms with Crippen LogP contribution in [0, 0.1) is 0 Å². The second-order valence-electron chi connectivity index (χ2n) is 5.01. The molecule has 0 aromatic rings. The van der Waals surface area contributed by atoms with Crippen LogP contribution in [0.4, 0.5) is 0 Å². The Labute approximate surface area is 131 Å². The molecule has 0 saturated carbocycles. The second kappa shape index (κ2) is 7.46. The molecule has 1 unspecified atom stereocenters. The molecule has 0 aromatic heterocycles. The third-order valence-corrected chi connectivity index (χ3v) is 3.47. The Morgan fingerprint density at radius 1 is 1.41 bits per heavy atom. The molecule has 3 heteroatoms. The Kier molecular flexibility index (Phi) is 5.37. The summed E-state index contributed by atoms with van der Waals surface area (Å²) < 4.78 is 10.7. The van der Waals surface area contributed by atoms with Crippen molar-refractivity contribution in [1.82, 2.24) is 0 Å². The van der Waals surface area contributed by atoms with Gasteiger partial charge in [-0.25, -0.2) is 0 Å². The minimum absolute atomic E-state index is 0.0573. The van der Waals surface area contributed by atoms with Gasteiger partial charge in [-0.3, -0.25) is 4.79 Å². The van der Waals surface area contributed by atoms with Crippen molar-refractivity contribution < 1.29 is 14.3 Å². The van der Waals surface area contributed by atoms with Crippen LogP contribution >= 0.6 is 0 Å². The molecule has 22 heavy (non-hydrogen) atoms. The van der Waals surface area contributed by atoms with Crippen molar-refractivity contribution in [2.75, 3.05) is 7.11 Å². The molecule has 2 aliphatic rings. The van der Waals surface area contributed by atoms with Gasteiger partial charge in [-0.05, 0) is 36.3 Å². The summed E-state index contributed by atoms with van der Waals surface area (Å²) in [6.07, 6.45) is 16.6. The summed E-state index contributed by atoms with van der Waals surface area (Å²) in [6, 6.07) is 0. The first-order chi connectivity index (χ1) is 10.7. The number of hydrogen-bond donors (Lipinski definition) is 0. The van der Waals surface area contributed by atoms with Gasteiger partial charge in [0.1, 0.15) is 11.9 Å². The van der Waals surface area contributed by atoms with Crippen LogP contribution in [0.3, 0.4) is 0 Å². The van der Waals surface area contributed by atoms with Gasteiger partial charge in [-0.15, -0.1) is 0 Å². The highest BCUT2D eigenvalue weighted by Gasteiger charge is 2.28. The molecule has 1 atom stereocenters. The highest BCUT2D eigenvalue weighted by Crippen LogP contribution is 2.31. The van der Waals surface area contributed by atoms with Gasteiger partial charge >= 0.3 is 0 Å². The van der Waals surface area contributed by atoms with Crippen molar-refractivity contribution in [1.29, 1.82) is 0 Å². The van der Waals surface area contributed by atoms with Crippen molar-refractivity contribution in [2.45, 2.75) is 19.4 Å². The fourth-order valence-corrected chi connectivity index (χ4v) is 2.42. The van der Waals surface area contributed by atoms with E-state index in [-0.39, 0.29) is 11.9 Å². The van der Waals surface area contributed by atoms with Crippen LogP contribution in [-0.4, -0.2) is 19.0 Å². The molecule has 0 bridgehead atoms. The lowest BCUT2D eigenvalue weighted by Gasteiger charge is -2.14. The van der Waals surface area contributed by atoms with E-state index in [1.54, 1.807) is 25.5 Å². The maximum atomic E-state index is 12.5. The van der Waals surface area contributed by atoms with Crippen LogP contribution in [0.1, 0.15) is 13.3 Å². The molecule has 1 aliphatic carbocycles. The first-order valence-electron chi connectivity index (χ1n) is 7.14. The highest BCUT2D eigenvalue weighted by molar-refractivity contribution is 6.02. The van der Waals surface area contributed by atoms with Crippen molar-refractivity contribution in [2.24, 2.45) is 0 Å². The van der Waals surface area contributed by atoms with E-state index in [2.05, 4.69) is 6.58 Å². The summed E-state index contributed by atoms with van der Waals surface area (Å²) in [5.41, 5.74) is 2.44. The lowest BCUT2D eigenvalue weighted by molar-refractivity contribution is -0.114. The summed E-state index contributed by atoms with van der Waals surface area (Å²) in [7, 11) is 1.59. The number of methoxy groups -OCH3 is 1. The molecule has 0 N–H and O–H groups in total. The number of hydrogen-bond acceptors (Lipinski definition) is 3. The number of carbonyl (C=O) groups is 1. The number of carbonyl (C=O) groups excluding carboxylic acids is 1. The van der Waals surface area contributed by atoms with Crippen LogP contribution in [0.15, 0.2) is 83.9 Å². The lowest BCUT2D eigenvalue weighted by Crippen LogP contribution is -2.08. The molecule has 1 heterocycles. The number of Topliss-reactive ketones (excluding diaryl/α,β-unsaturated/α-hetero) is 1. The first kappa shape index (κ1) is 15.8. The summed E-state index contributed by atoms with van der Waals surface area (Å²) in [4.78, 5) is 12.5. The van der Waals surface area contributed by atoms with Crippen molar-refractivity contribution in [3.8, 4) is 0 Å². The Morgan fingerprint density at radius 3 is 2.95 bits per heavy atom. The molecule has 0 amide bonds. The molecule has 3 nitrogen and oxygen atoms in total. The zero-order chi connectivity index (χ0) is 15.9. The van der Waals surface area contributed by atoms with Crippen LogP contribution in [0.25, 0.3) is 0 Å². The SMILES string of the molecule is C=CC1=C(/C(C)=C/C=C\C=C\OC)C(=O)CC2=CC=CC2O1. The molecule has 0 aromatic carbocycles. The number of ether oxygens (including phenoxy) is 2. The highest BCUT2D eigenvalue weighted by atomic mass is 16.5. The van der Waals surface area contributed by atoms with E-state index < -0.39 is 0 Å². The minimum atomic E-state index is -0.151. The van der Waals surface area contributed by atoms with E-state index >= 15 is 0 Å². The Morgan fingerprint density at radius 2 is 2.23 bits per heavy atom. The molecular formula is C19H20O3. The Balaban J connectivity index is 2.28. The zero-order valence-electron chi connectivity index (χ0n) is 12.9. The van der Waals surface area contributed by atoms with Gasteiger partial charge in [0.2, 0.25) is 0 Å². The fourth-order valence-electron chi connectivity index (χ4n) is 2.42. The van der Waals surface area contributed by atoms with Gasteiger partial charge in [0, 0.05) is 6.42 Å². The van der Waals surface area contributed by atoms with E-state index in [0.717, 1.165) is 11.1 Å². The molecular weight excluding hydrogens is 276 g/mol. The predicted molar refractivity (Wildman–Crippen MR) is 88.0 cm³/mol. The number of ketones is 1. The molecule has 0 spiro atoms. The summed E-state index contributed by atoms with van der Waals surface area (Å²) in [5.74, 6) is 0.599. The van der Waals surface area contributed by atoms with E-state index in [0.29, 0.717) is 17.8 Å². The molecule has 0 radical (unpaired) electrons. The standard InChI is InChI=1S/C19H20O3/c1-4-17-19(14(2)9-6-5-7-12-21-3)16(20)13-15-10-8-11-18(15)22-17/h4-12,18H,1,13H2,2-3H3/b6-5-,12-7+,14-9+. The Hall–Kier alpha value is -2.55. The molecule has 0 saturated heterocycles. The molecule has 1 aliphatic heterocycles. The largest absolute Gasteiger partial charge is 0.504 e. The summed E-state index contributed by atoms with van der Waals surface area (Å²) in [6.45, 7) is 5.68. The van der Waals surface area contributed by atoms with Gasteiger partial charge in [0.05, 0.1) is 18.9 Å². The van der Waals surface area contributed by atoms with Gasteiger partial charge in [-0.1, -0.05) is 37.0 Å². The Bertz CT molecular complexity index is 640. The average Bonchev–Trinajstić information content (AvgIpc) is 2.87. The smallest absolute Gasteiger partial charge is 0.171 e. The summed E-state index contributed by atoms with van der Waals surface area (Å²) in [5, 5.41) is 0. The van der Waals surface area contributed by atoms with Gasteiger partial charge < -0.3 is 9.47 Å². The number of allylic oxidation sites excluding steroid dienone is 9. The minimum Gasteiger partial charge on any atom is -0.504 e. The van der Waals surface area contributed by atoms with E-state index in [1.165, 1.54) is 0 Å². The third-order valence-electron chi connectivity index (χ3n) is 3.47. The van der Waals surface area contributed by atoms with Crippen LogP contribution in [-0.2, 0) is 14.3 Å². The number of fused-ring (bicyclic) bond motifs is 1. The van der Waals surface area contributed by atoms with Crippen molar-refractivity contribution >= 4 is 5.78 Å². The van der Waals surface area contributed by atoms with Crippen LogP contribution < -0.4 is 0 Å². The van der Waals surface area contributed by atoms with Crippen LogP contribution in [0.5, 0.6) is 0 Å². The molecule has 114 valence electrons.